The maximum atomic E-state index is 12.0. The van der Waals surface area contributed by atoms with E-state index in [4.69, 9.17) is 0 Å². The minimum absolute atomic E-state index is 0.298. The number of carbonyl (C=O) groups is 1. The summed E-state index contributed by atoms with van der Waals surface area (Å²) >= 11 is 0. The van der Waals surface area contributed by atoms with Crippen LogP contribution in [-0.2, 0) is 6.42 Å². The van der Waals surface area contributed by atoms with E-state index in [0.29, 0.717) is 18.1 Å². The highest BCUT2D eigenvalue weighted by molar-refractivity contribution is 5.98. The molecule has 2 heteroatoms. The van der Waals surface area contributed by atoms with Crippen molar-refractivity contribution in [3.8, 4) is 5.69 Å². The SMILES string of the molecule is Cc1cc2c(n1-c1ccc(C(C)C)cc1)CCCC2=O. The summed E-state index contributed by atoms with van der Waals surface area (Å²) in [4.78, 5) is 12.0. The zero-order valence-electron chi connectivity index (χ0n) is 12.4. The first-order valence-corrected chi connectivity index (χ1v) is 7.42. The van der Waals surface area contributed by atoms with Gasteiger partial charge in [0.1, 0.15) is 0 Å². The van der Waals surface area contributed by atoms with Crippen molar-refractivity contribution < 1.29 is 4.79 Å². The first-order valence-electron chi connectivity index (χ1n) is 7.42. The lowest BCUT2D eigenvalue weighted by Gasteiger charge is -2.16. The average molecular weight is 267 g/mol. The Bertz CT molecular complexity index is 647. The monoisotopic (exact) mass is 267 g/mol. The Hall–Kier alpha value is -1.83. The van der Waals surface area contributed by atoms with Crippen LogP contribution < -0.4 is 0 Å². The number of hydrogen-bond donors (Lipinski definition) is 0. The van der Waals surface area contributed by atoms with Crippen molar-refractivity contribution in [3.05, 3.63) is 52.8 Å². The van der Waals surface area contributed by atoms with Gasteiger partial charge in [0, 0.05) is 29.1 Å². The van der Waals surface area contributed by atoms with Crippen LogP contribution >= 0.6 is 0 Å². The molecule has 0 fully saturated rings. The minimum atomic E-state index is 0.298. The first-order chi connectivity index (χ1) is 9.58. The van der Waals surface area contributed by atoms with E-state index in [1.807, 2.05) is 6.07 Å². The Balaban J connectivity index is 2.08. The molecule has 0 saturated carbocycles. The van der Waals surface area contributed by atoms with Gasteiger partial charge < -0.3 is 4.57 Å². The number of aromatic nitrogens is 1. The molecule has 0 amide bonds. The van der Waals surface area contributed by atoms with Crippen molar-refractivity contribution in [2.75, 3.05) is 0 Å². The van der Waals surface area contributed by atoms with E-state index in [9.17, 15) is 4.79 Å². The third-order valence-electron chi connectivity index (χ3n) is 4.22. The van der Waals surface area contributed by atoms with Crippen LogP contribution in [0.2, 0.25) is 0 Å². The second kappa shape index (κ2) is 4.93. The number of Topliss-reactive ketones (excluding diaryl/α,β-unsaturated/α-hetero) is 1. The molecule has 1 heterocycles. The molecule has 0 aliphatic heterocycles. The van der Waals surface area contributed by atoms with Crippen molar-refractivity contribution >= 4 is 5.78 Å². The predicted molar refractivity (Wildman–Crippen MR) is 81.9 cm³/mol. The van der Waals surface area contributed by atoms with Crippen molar-refractivity contribution in [1.82, 2.24) is 4.57 Å². The maximum absolute atomic E-state index is 12.0. The summed E-state index contributed by atoms with van der Waals surface area (Å²) in [6, 6.07) is 10.8. The van der Waals surface area contributed by atoms with Crippen molar-refractivity contribution in [2.24, 2.45) is 0 Å². The summed E-state index contributed by atoms with van der Waals surface area (Å²) in [6.45, 7) is 6.49. The molecule has 1 aromatic heterocycles. The van der Waals surface area contributed by atoms with Crippen LogP contribution in [-0.4, -0.2) is 10.4 Å². The topological polar surface area (TPSA) is 22.0 Å². The van der Waals surface area contributed by atoms with Gasteiger partial charge in [-0.2, -0.15) is 0 Å². The molecule has 0 radical (unpaired) electrons. The van der Waals surface area contributed by atoms with Crippen LogP contribution in [0.3, 0.4) is 0 Å². The summed E-state index contributed by atoms with van der Waals surface area (Å²) < 4.78 is 2.25. The lowest BCUT2D eigenvalue weighted by Crippen LogP contribution is -2.12. The van der Waals surface area contributed by atoms with Crippen LogP contribution in [0.1, 0.15) is 59.9 Å². The van der Waals surface area contributed by atoms with E-state index in [2.05, 4.69) is 49.6 Å². The van der Waals surface area contributed by atoms with Crippen LogP contribution in [0.25, 0.3) is 5.69 Å². The summed E-state index contributed by atoms with van der Waals surface area (Å²) in [5.74, 6) is 0.845. The quantitative estimate of drug-likeness (QED) is 0.789. The number of carbonyl (C=O) groups excluding carboxylic acids is 1. The Morgan fingerprint density at radius 2 is 1.80 bits per heavy atom. The van der Waals surface area contributed by atoms with Gasteiger partial charge in [-0.25, -0.2) is 0 Å². The molecule has 0 saturated heterocycles. The number of benzene rings is 1. The lowest BCUT2D eigenvalue weighted by molar-refractivity contribution is 0.0972. The number of fused-ring (bicyclic) bond motifs is 1. The third-order valence-corrected chi connectivity index (χ3v) is 4.22. The van der Waals surface area contributed by atoms with E-state index >= 15 is 0 Å². The fraction of sp³-hybridized carbons (Fsp3) is 0.389. The van der Waals surface area contributed by atoms with Gasteiger partial charge in [0.15, 0.2) is 5.78 Å². The molecular weight excluding hydrogens is 246 g/mol. The molecular formula is C18H21NO. The molecule has 1 aliphatic carbocycles. The second-order valence-electron chi connectivity index (χ2n) is 6.00. The minimum Gasteiger partial charge on any atom is -0.317 e. The van der Waals surface area contributed by atoms with Gasteiger partial charge in [-0.3, -0.25) is 4.79 Å². The Morgan fingerprint density at radius 3 is 2.45 bits per heavy atom. The van der Waals surface area contributed by atoms with Gasteiger partial charge in [-0.15, -0.1) is 0 Å². The molecule has 2 aromatic rings. The largest absolute Gasteiger partial charge is 0.317 e. The highest BCUT2D eigenvalue weighted by atomic mass is 16.1. The summed E-state index contributed by atoms with van der Waals surface area (Å²) in [5, 5.41) is 0. The smallest absolute Gasteiger partial charge is 0.164 e. The summed E-state index contributed by atoms with van der Waals surface area (Å²) in [6.07, 6.45) is 2.67. The van der Waals surface area contributed by atoms with Crippen LogP contribution in [0.5, 0.6) is 0 Å². The summed E-state index contributed by atoms with van der Waals surface area (Å²) in [5.41, 5.74) is 5.80. The molecule has 20 heavy (non-hydrogen) atoms. The molecule has 0 spiro atoms. The average Bonchev–Trinajstić information content (AvgIpc) is 2.77. The highest BCUT2D eigenvalue weighted by Gasteiger charge is 2.23. The number of aryl methyl sites for hydroxylation is 1. The molecule has 1 aromatic carbocycles. The van der Waals surface area contributed by atoms with Gasteiger partial charge in [-0.1, -0.05) is 26.0 Å². The normalized spacial score (nSPS) is 14.7. The molecule has 0 N–H and O–H groups in total. The van der Waals surface area contributed by atoms with Crippen molar-refractivity contribution in [2.45, 2.75) is 46.0 Å². The molecule has 3 rings (SSSR count). The summed E-state index contributed by atoms with van der Waals surface area (Å²) in [7, 11) is 0. The van der Waals surface area contributed by atoms with Gasteiger partial charge in [0.25, 0.3) is 0 Å². The molecule has 0 bridgehead atoms. The van der Waals surface area contributed by atoms with E-state index in [1.54, 1.807) is 0 Å². The van der Waals surface area contributed by atoms with E-state index in [0.717, 1.165) is 24.1 Å². The zero-order valence-corrected chi connectivity index (χ0v) is 12.4. The molecule has 0 unspecified atom stereocenters. The van der Waals surface area contributed by atoms with Gasteiger partial charge in [0.05, 0.1) is 0 Å². The number of nitrogens with zero attached hydrogens (tertiary/aromatic N) is 1. The fourth-order valence-electron chi connectivity index (χ4n) is 3.10. The van der Waals surface area contributed by atoms with Crippen molar-refractivity contribution in [1.29, 1.82) is 0 Å². The lowest BCUT2D eigenvalue weighted by atomic mass is 9.96. The molecule has 0 atom stereocenters. The Kier molecular flexibility index (Phi) is 3.25. The number of ketones is 1. The van der Waals surface area contributed by atoms with E-state index in [1.165, 1.54) is 16.9 Å². The second-order valence-corrected chi connectivity index (χ2v) is 6.00. The standard InChI is InChI=1S/C18H21NO/c1-12(2)14-7-9-15(10-8-14)19-13(3)11-16-17(19)5-4-6-18(16)20/h7-12H,4-6H2,1-3H3. The molecule has 104 valence electrons. The Labute approximate surface area is 120 Å². The third kappa shape index (κ3) is 2.09. The van der Waals surface area contributed by atoms with Crippen LogP contribution in [0.15, 0.2) is 30.3 Å². The van der Waals surface area contributed by atoms with Crippen LogP contribution in [0.4, 0.5) is 0 Å². The van der Waals surface area contributed by atoms with E-state index < -0.39 is 0 Å². The van der Waals surface area contributed by atoms with Gasteiger partial charge in [0.2, 0.25) is 0 Å². The Morgan fingerprint density at radius 1 is 1.10 bits per heavy atom. The molecule has 2 nitrogen and oxygen atoms in total. The van der Waals surface area contributed by atoms with E-state index in [-0.39, 0.29) is 0 Å². The maximum Gasteiger partial charge on any atom is 0.164 e. The fourth-order valence-corrected chi connectivity index (χ4v) is 3.10. The number of rotatable bonds is 2. The molecule has 1 aliphatic rings. The van der Waals surface area contributed by atoms with Crippen LogP contribution in [0, 0.1) is 6.92 Å². The predicted octanol–water partition coefficient (Wildman–Crippen LogP) is 4.43. The van der Waals surface area contributed by atoms with Gasteiger partial charge >= 0.3 is 0 Å². The number of hydrogen-bond acceptors (Lipinski definition) is 1. The van der Waals surface area contributed by atoms with Crippen molar-refractivity contribution in [3.63, 3.8) is 0 Å². The first kappa shape index (κ1) is 13.2. The van der Waals surface area contributed by atoms with Gasteiger partial charge in [-0.05, 0) is 49.4 Å². The zero-order chi connectivity index (χ0) is 14.3. The highest BCUT2D eigenvalue weighted by Crippen LogP contribution is 2.28.